The van der Waals surface area contributed by atoms with Crippen LogP contribution in [0.25, 0.3) is 144 Å². The molecule has 15 aromatic rings. The summed E-state index contributed by atoms with van der Waals surface area (Å²) in [6.45, 7) is 0. The van der Waals surface area contributed by atoms with Crippen molar-refractivity contribution in [2.45, 2.75) is 19.3 Å². The van der Waals surface area contributed by atoms with E-state index in [1.165, 1.54) is 60.5 Å². The quantitative estimate of drug-likeness (QED) is 0.137. The Bertz CT molecular complexity index is 5150. The van der Waals surface area contributed by atoms with E-state index >= 15 is 0 Å². The first-order chi connectivity index (χ1) is 43.1. The van der Waals surface area contributed by atoms with E-state index in [-0.39, 0.29) is 0 Å². The number of hydrogen-bond donors (Lipinski definition) is 0. The van der Waals surface area contributed by atoms with Crippen molar-refractivity contribution in [2.75, 3.05) is 0 Å². The average molecular weight is 1110 g/mol. The SMILES string of the molecule is C1=CC(c2ccc3c(c2)c2cc(-c4ccccc4-c4ccccn4)ccc2n3-c2ccc3c(c2)-c2cc(-n4c5ccc(-c6ccccc6-c6ccccn6)cc5c5cc(-c6ccccc6-c6ccccn6)ccc54)ccc2C3)=C(c2ccccn2)CC1. The standard InChI is InChI=1S/C81H54N6/c1-5-21-64(74-25-9-13-41-82-74)60(17-1)54-31-37-78-70(46-54)71-47-55(61-18-2-6-22-65(61)75-26-10-14-42-83-75)32-38-79(71)86(78)58-35-29-52-45-53-30-36-59(51-69(53)68(52)50-58)87-80-39-33-56(62-19-3-7-23-66(62)76-27-11-15-43-84-76)48-72(80)73-49-57(34-40-81(73)87)63-20-4-8-24-67(63)77-28-12-16-44-85-77/h1-7,9-23,25-44,46-51H,8,24,45H2. The number of benzene rings is 9. The molecule has 408 valence electrons. The summed E-state index contributed by atoms with van der Waals surface area (Å²) in [5.74, 6) is 0. The Labute approximate surface area is 504 Å². The van der Waals surface area contributed by atoms with Crippen LogP contribution in [-0.4, -0.2) is 29.1 Å². The van der Waals surface area contributed by atoms with Crippen LogP contribution in [0.4, 0.5) is 0 Å². The Morgan fingerprint density at radius 1 is 0.287 bits per heavy atom. The predicted octanol–water partition coefficient (Wildman–Crippen LogP) is 20.3. The summed E-state index contributed by atoms with van der Waals surface area (Å²) in [7, 11) is 0. The normalized spacial score (nSPS) is 12.8. The van der Waals surface area contributed by atoms with Gasteiger partial charge in [-0.1, -0.05) is 146 Å². The summed E-state index contributed by atoms with van der Waals surface area (Å²) >= 11 is 0. The van der Waals surface area contributed by atoms with Crippen LogP contribution >= 0.6 is 0 Å². The Morgan fingerprint density at radius 2 is 0.644 bits per heavy atom. The maximum absolute atomic E-state index is 4.85. The minimum Gasteiger partial charge on any atom is -0.309 e. The molecule has 0 saturated heterocycles. The largest absolute Gasteiger partial charge is 0.309 e. The molecule has 6 heterocycles. The van der Waals surface area contributed by atoms with E-state index in [9.17, 15) is 0 Å². The van der Waals surface area contributed by atoms with E-state index in [0.29, 0.717) is 0 Å². The summed E-state index contributed by atoms with van der Waals surface area (Å²) in [5, 5.41) is 4.76. The fraction of sp³-hybridized carbons (Fsp3) is 0.0370. The smallest absolute Gasteiger partial charge is 0.0708 e. The molecule has 0 N–H and O–H groups in total. The summed E-state index contributed by atoms with van der Waals surface area (Å²) in [5.41, 5.74) is 29.8. The average Bonchev–Trinajstić information content (AvgIpc) is 1.72. The predicted molar refractivity (Wildman–Crippen MR) is 359 cm³/mol. The van der Waals surface area contributed by atoms with Crippen LogP contribution in [0.1, 0.15) is 35.2 Å². The van der Waals surface area contributed by atoms with Crippen LogP contribution < -0.4 is 0 Å². The number of rotatable bonds is 10. The van der Waals surface area contributed by atoms with E-state index < -0.39 is 0 Å². The van der Waals surface area contributed by atoms with Gasteiger partial charge in [0.15, 0.2) is 0 Å². The molecular weight excluding hydrogens is 1060 g/mol. The lowest BCUT2D eigenvalue weighted by molar-refractivity contribution is 1.04. The highest BCUT2D eigenvalue weighted by atomic mass is 15.0. The number of fused-ring (bicyclic) bond motifs is 9. The van der Waals surface area contributed by atoms with Crippen LogP contribution in [0.3, 0.4) is 0 Å². The molecular formula is C81H54N6. The van der Waals surface area contributed by atoms with Gasteiger partial charge in [-0.15, -0.1) is 0 Å². The van der Waals surface area contributed by atoms with Gasteiger partial charge in [0.2, 0.25) is 0 Å². The first-order valence-corrected chi connectivity index (χ1v) is 29.9. The zero-order valence-corrected chi connectivity index (χ0v) is 47.5. The van der Waals surface area contributed by atoms with Crippen molar-refractivity contribution in [3.8, 4) is 89.7 Å². The number of nitrogens with zero attached hydrogens (tertiary/aromatic N) is 6. The van der Waals surface area contributed by atoms with Gasteiger partial charge in [0.25, 0.3) is 0 Å². The lowest BCUT2D eigenvalue weighted by atomic mass is 9.89. The fourth-order valence-electron chi connectivity index (χ4n) is 13.9. The van der Waals surface area contributed by atoms with Crippen molar-refractivity contribution in [1.82, 2.24) is 29.1 Å². The molecule has 0 amide bonds. The second kappa shape index (κ2) is 20.8. The maximum atomic E-state index is 4.85. The molecule has 0 saturated carbocycles. The Kier molecular flexibility index (Phi) is 12.0. The highest BCUT2D eigenvalue weighted by molar-refractivity contribution is 6.14. The zero-order chi connectivity index (χ0) is 57.4. The van der Waals surface area contributed by atoms with Gasteiger partial charge in [0, 0.05) is 74.4 Å². The summed E-state index contributed by atoms with van der Waals surface area (Å²) in [6.07, 6.45) is 14.9. The molecule has 0 spiro atoms. The van der Waals surface area contributed by atoms with Gasteiger partial charge in [-0.3, -0.25) is 19.9 Å². The van der Waals surface area contributed by atoms with Crippen LogP contribution in [0.2, 0.25) is 0 Å². The molecule has 6 nitrogen and oxygen atoms in total. The number of aromatic nitrogens is 6. The molecule has 17 rings (SSSR count). The first kappa shape index (κ1) is 50.2. The minimum atomic E-state index is 0.868. The molecule has 0 aliphatic heterocycles. The van der Waals surface area contributed by atoms with Gasteiger partial charge >= 0.3 is 0 Å². The van der Waals surface area contributed by atoms with Gasteiger partial charge in [-0.25, -0.2) is 0 Å². The van der Waals surface area contributed by atoms with Crippen molar-refractivity contribution in [3.63, 3.8) is 0 Å². The van der Waals surface area contributed by atoms with Crippen molar-refractivity contribution < 1.29 is 0 Å². The van der Waals surface area contributed by atoms with Crippen LogP contribution in [0.15, 0.2) is 292 Å². The van der Waals surface area contributed by atoms with Crippen molar-refractivity contribution in [3.05, 3.63) is 314 Å². The molecule has 2 aliphatic rings. The minimum absolute atomic E-state index is 0.868. The van der Waals surface area contributed by atoms with E-state index in [4.69, 9.17) is 19.9 Å². The second-order valence-electron chi connectivity index (χ2n) is 22.8. The Hall–Kier alpha value is -11.3. The summed E-state index contributed by atoms with van der Waals surface area (Å²) in [4.78, 5) is 19.2. The van der Waals surface area contributed by atoms with Crippen molar-refractivity contribution in [1.29, 1.82) is 0 Å². The Balaban J connectivity index is 0.829. The zero-order valence-electron chi connectivity index (χ0n) is 47.5. The lowest BCUT2D eigenvalue weighted by Gasteiger charge is -2.16. The topological polar surface area (TPSA) is 61.4 Å². The molecule has 9 aromatic carbocycles. The van der Waals surface area contributed by atoms with E-state index in [1.807, 2.05) is 49.1 Å². The highest BCUT2D eigenvalue weighted by Gasteiger charge is 2.25. The van der Waals surface area contributed by atoms with Crippen LogP contribution in [-0.2, 0) is 6.42 Å². The molecule has 0 unspecified atom stereocenters. The molecule has 0 atom stereocenters. The van der Waals surface area contributed by atoms with Crippen molar-refractivity contribution in [2.24, 2.45) is 0 Å². The monoisotopic (exact) mass is 1110 g/mol. The van der Waals surface area contributed by atoms with Crippen LogP contribution in [0.5, 0.6) is 0 Å². The lowest BCUT2D eigenvalue weighted by Crippen LogP contribution is -1.98. The molecule has 6 aromatic heterocycles. The Morgan fingerprint density at radius 3 is 1.03 bits per heavy atom. The van der Waals surface area contributed by atoms with Gasteiger partial charge < -0.3 is 9.13 Å². The number of hydrogen-bond acceptors (Lipinski definition) is 4. The van der Waals surface area contributed by atoms with Gasteiger partial charge in [-0.2, -0.15) is 0 Å². The number of pyridine rings is 4. The molecule has 87 heavy (non-hydrogen) atoms. The third kappa shape index (κ3) is 8.55. The van der Waals surface area contributed by atoms with E-state index in [0.717, 1.165) is 126 Å². The van der Waals surface area contributed by atoms with E-state index in [1.54, 1.807) is 0 Å². The third-order valence-electron chi connectivity index (χ3n) is 17.9. The fourth-order valence-corrected chi connectivity index (χ4v) is 13.9. The molecule has 6 heteroatoms. The summed E-state index contributed by atoms with van der Waals surface area (Å²) < 4.78 is 4.95. The molecule has 0 radical (unpaired) electrons. The first-order valence-electron chi connectivity index (χ1n) is 29.9. The molecule has 0 bridgehead atoms. The molecule has 0 fully saturated rings. The van der Waals surface area contributed by atoms with E-state index in [2.05, 4.69) is 252 Å². The molecule has 2 aliphatic carbocycles. The number of allylic oxidation sites excluding steroid dienone is 4. The third-order valence-corrected chi connectivity index (χ3v) is 17.9. The van der Waals surface area contributed by atoms with Gasteiger partial charge in [-0.05, 0) is 213 Å². The second-order valence-corrected chi connectivity index (χ2v) is 22.8. The van der Waals surface area contributed by atoms with Crippen molar-refractivity contribution >= 4 is 54.8 Å². The van der Waals surface area contributed by atoms with Crippen LogP contribution in [0, 0.1) is 0 Å². The maximum Gasteiger partial charge on any atom is 0.0708 e. The highest BCUT2D eigenvalue weighted by Crippen LogP contribution is 2.46. The van der Waals surface area contributed by atoms with Gasteiger partial charge in [0.1, 0.15) is 0 Å². The summed E-state index contributed by atoms with van der Waals surface area (Å²) in [6, 6.07) is 92.8. The van der Waals surface area contributed by atoms with Gasteiger partial charge in [0.05, 0.1) is 44.8 Å².